The Balaban J connectivity index is 2.04. The van der Waals surface area contributed by atoms with Crippen molar-refractivity contribution in [2.24, 2.45) is 5.92 Å². The third kappa shape index (κ3) is 2.94. The van der Waals surface area contributed by atoms with Crippen molar-refractivity contribution in [3.05, 3.63) is 0 Å². The van der Waals surface area contributed by atoms with Crippen LogP contribution in [0.5, 0.6) is 0 Å². The maximum Gasteiger partial charge on any atom is 0.228 e. The number of rotatable bonds is 2. The van der Waals surface area contributed by atoms with Crippen LogP contribution in [0, 0.1) is 5.92 Å². The van der Waals surface area contributed by atoms with E-state index in [0.717, 1.165) is 32.4 Å². The smallest absolute Gasteiger partial charge is 0.228 e. The van der Waals surface area contributed by atoms with Gasteiger partial charge in [0.2, 0.25) is 5.91 Å². The average molecular weight is 260 g/mol. The number of ether oxygens (including phenoxy) is 1. The number of hydrogen-bond donors (Lipinski definition) is 0. The SMILES string of the molecule is CC1OCCC1C(=O)N1CCCCCC1CCl. The van der Waals surface area contributed by atoms with Crippen molar-refractivity contribution in [3.8, 4) is 0 Å². The first-order chi connectivity index (χ1) is 8.24. The van der Waals surface area contributed by atoms with Crippen LogP contribution in [0.2, 0.25) is 0 Å². The second-order valence-corrected chi connectivity index (χ2v) is 5.47. The van der Waals surface area contributed by atoms with Gasteiger partial charge < -0.3 is 9.64 Å². The number of hydrogen-bond acceptors (Lipinski definition) is 2. The molecular formula is C13H22ClNO2. The van der Waals surface area contributed by atoms with E-state index in [1.54, 1.807) is 0 Å². The van der Waals surface area contributed by atoms with Gasteiger partial charge in [-0.05, 0) is 26.2 Å². The predicted molar refractivity (Wildman–Crippen MR) is 68.2 cm³/mol. The van der Waals surface area contributed by atoms with Crippen molar-refractivity contribution < 1.29 is 9.53 Å². The number of likely N-dealkylation sites (tertiary alicyclic amines) is 1. The van der Waals surface area contributed by atoms with E-state index in [4.69, 9.17) is 16.3 Å². The zero-order valence-corrected chi connectivity index (χ0v) is 11.3. The molecule has 2 rings (SSSR count). The van der Waals surface area contributed by atoms with Crippen molar-refractivity contribution in [1.82, 2.24) is 4.90 Å². The Morgan fingerprint density at radius 1 is 1.35 bits per heavy atom. The van der Waals surface area contributed by atoms with Crippen molar-refractivity contribution in [2.45, 2.75) is 51.2 Å². The summed E-state index contributed by atoms with van der Waals surface area (Å²) in [6, 6.07) is 0.236. The molecule has 3 nitrogen and oxygen atoms in total. The summed E-state index contributed by atoms with van der Waals surface area (Å²) in [5.41, 5.74) is 0. The fourth-order valence-corrected chi connectivity index (χ4v) is 3.22. The Morgan fingerprint density at radius 3 is 2.82 bits per heavy atom. The van der Waals surface area contributed by atoms with Gasteiger partial charge in [0, 0.05) is 25.1 Å². The molecule has 0 bridgehead atoms. The predicted octanol–water partition coefficient (Wildman–Crippen LogP) is 2.42. The summed E-state index contributed by atoms with van der Waals surface area (Å²) in [6.45, 7) is 3.60. The Kier molecular flexibility index (Phi) is 4.69. The lowest BCUT2D eigenvalue weighted by atomic mass is 10.00. The molecule has 0 aromatic rings. The van der Waals surface area contributed by atoms with Crippen LogP contribution in [0.1, 0.15) is 39.0 Å². The second kappa shape index (κ2) is 6.05. The van der Waals surface area contributed by atoms with Gasteiger partial charge in [0.05, 0.1) is 12.0 Å². The third-order valence-corrected chi connectivity index (χ3v) is 4.39. The van der Waals surface area contributed by atoms with Crippen LogP contribution in [0.4, 0.5) is 0 Å². The molecule has 0 spiro atoms. The Hall–Kier alpha value is -0.280. The summed E-state index contributed by atoms with van der Waals surface area (Å²) in [7, 11) is 0. The first kappa shape index (κ1) is 13.2. The number of halogens is 1. The molecule has 2 fully saturated rings. The normalized spacial score (nSPS) is 34.7. The molecule has 2 aliphatic rings. The van der Waals surface area contributed by atoms with Gasteiger partial charge in [-0.15, -0.1) is 11.6 Å². The van der Waals surface area contributed by atoms with Gasteiger partial charge in [-0.25, -0.2) is 0 Å². The minimum Gasteiger partial charge on any atom is -0.378 e. The molecular weight excluding hydrogens is 238 g/mol. The van der Waals surface area contributed by atoms with Gasteiger partial charge >= 0.3 is 0 Å². The molecule has 98 valence electrons. The minimum absolute atomic E-state index is 0.0545. The molecule has 2 saturated heterocycles. The lowest BCUT2D eigenvalue weighted by Crippen LogP contribution is -2.45. The maximum absolute atomic E-state index is 12.5. The summed E-state index contributed by atoms with van der Waals surface area (Å²) in [6.07, 6.45) is 5.51. The molecule has 2 heterocycles. The van der Waals surface area contributed by atoms with E-state index in [2.05, 4.69) is 0 Å². The quantitative estimate of drug-likeness (QED) is 0.713. The zero-order chi connectivity index (χ0) is 12.3. The fourth-order valence-electron chi connectivity index (χ4n) is 2.90. The molecule has 4 heteroatoms. The van der Waals surface area contributed by atoms with E-state index >= 15 is 0 Å². The van der Waals surface area contributed by atoms with Crippen LogP contribution in [0.15, 0.2) is 0 Å². The maximum atomic E-state index is 12.5. The fraction of sp³-hybridized carbons (Fsp3) is 0.923. The number of amides is 1. The van der Waals surface area contributed by atoms with Gasteiger partial charge in [-0.1, -0.05) is 12.8 Å². The number of nitrogens with zero attached hydrogens (tertiary/aromatic N) is 1. The monoisotopic (exact) mass is 259 g/mol. The van der Waals surface area contributed by atoms with Crippen molar-refractivity contribution in [2.75, 3.05) is 19.0 Å². The van der Waals surface area contributed by atoms with Crippen LogP contribution in [0.25, 0.3) is 0 Å². The summed E-state index contributed by atoms with van der Waals surface area (Å²) >= 11 is 6.01. The molecule has 3 atom stereocenters. The highest BCUT2D eigenvalue weighted by atomic mass is 35.5. The second-order valence-electron chi connectivity index (χ2n) is 5.16. The molecule has 0 aromatic carbocycles. The lowest BCUT2D eigenvalue weighted by molar-refractivity contribution is -0.138. The average Bonchev–Trinajstić information content (AvgIpc) is 2.64. The molecule has 0 aromatic heterocycles. The highest BCUT2D eigenvalue weighted by molar-refractivity contribution is 6.18. The van der Waals surface area contributed by atoms with E-state index in [0.29, 0.717) is 5.88 Å². The van der Waals surface area contributed by atoms with E-state index in [1.807, 2.05) is 11.8 Å². The summed E-state index contributed by atoms with van der Waals surface area (Å²) in [5, 5.41) is 0. The third-order valence-electron chi connectivity index (χ3n) is 4.03. The minimum atomic E-state index is 0.0545. The van der Waals surface area contributed by atoms with E-state index in [-0.39, 0.29) is 24.0 Å². The largest absolute Gasteiger partial charge is 0.378 e. The summed E-state index contributed by atoms with van der Waals surface area (Å²) in [5.74, 6) is 0.884. The zero-order valence-electron chi connectivity index (χ0n) is 10.5. The van der Waals surface area contributed by atoms with Crippen molar-refractivity contribution in [1.29, 1.82) is 0 Å². The van der Waals surface area contributed by atoms with E-state index in [1.165, 1.54) is 12.8 Å². The van der Waals surface area contributed by atoms with E-state index < -0.39 is 0 Å². The Morgan fingerprint density at radius 2 is 2.18 bits per heavy atom. The van der Waals surface area contributed by atoms with Crippen molar-refractivity contribution in [3.63, 3.8) is 0 Å². The molecule has 2 aliphatic heterocycles. The standard InChI is InChI=1S/C13H22ClNO2/c1-10-12(6-8-17-10)13(16)15-7-4-2-3-5-11(15)9-14/h10-12H,2-9H2,1H3. The number of carbonyl (C=O) groups excluding carboxylic acids is 1. The van der Waals surface area contributed by atoms with Gasteiger partial charge in [0.15, 0.2) is 0 Å². The molecule has 1 amide bonds. The number of carbonyl (C=O) groups is 1. The van der Waals surface area contributed by atoms with Gasteiger partial charge in [-0.3, -0.25) is 4.79 Å². The highest BCUT2D eigenvalue weighted by Crippen LogP contribution is 2.26. The Bertz CT molecular complexity index is 272. The summed E-state index contributed by atoms with van der Waals surface area (Å²) in [4.78, 5) is 14.5. The lowest BCUT2D eigenvalue weighted by Gasteiger charge is -2.31. The molecule has 0 aliphatic carbocycles. The van der Waals surface area contributed by atoms with Crippen LogP contribution in [-0.2, 0) is 9.53 Å². The summed E-state index contributed by atoms with van der Waals surface area (Å²) < 4.78 is 5.50. The van der Waals surface area contributed by atoms with Crippen molar-refractivity contribution >= 4 is 17.5 Å². The molecule has 3 unspecified atom stereocenters. The molecule has 0 saturated carbocycles. The van der Waals surface area contributed by atoms with Crippen LogP contribution >= 0.6 is 11.6 Å². The van der Waals surface area contributed by atoms with Crippen LogP contribution in [0.3, 0.4) is 0 Å². The first-order valence-electron chi connectivity index (χ1n) is 6.72. The van der Waals surface area contributed by atoms with Crippen LogP contribution < -0.4 is 0 Å². The van der Waals surface area contributed by atoms with Gasteiger partial charge in [-0.2, -0.15) is 0 Å². The topological polar surface area (TPSA) is 29.5 Å². The first-order valence-corrected chi connectivity index (χ1v) is 7.25. The van der Waals surface area contributed by atoms with E-state index in [9.17, 15) is 4.79 Å². The van der Waals surface area contributed by atoms with Crippen LogP contribution in [-0.4, -0.2) is 42.0 Å². The number of alkyl halides is 1. The highest BCUT2D eigenvalue weighted by Gasteiger charge is 2.36. The molecule has 0 N–H and O–H groups in total. The van der Waals surface area contributed by atoms with Gasteiger partial charge in [0.25, 0.3) is 0 Å². The Labute approximate surface area is 108 Å². The molecule has 0 radical (unpaired) electrons. The molecule has 17 heavy (non-hydrogen) atoms. The van der Waals surface area contributed by atoms with Gasteiger partial charge in [0.1, 0.15) is 0 Å².